The Hall–Kier alpha value is -3.56. The molecule has 0 radical (unpaired) electrons. The van der Waals surface area contributed by atoms with Crippen LogP contribution >= 0.6 is 0 Å². The lowest BCUT2D eigenvalue weighted by Crippen LogP contribution is -2.31. The minimum Gasteiger partial charge on any atom is -0.481 e. The number of benzene rings is 2. The molecule has 38 heavy (non-hydrogen) atoms. The number of aromatic nitrogens is 2. The van der Waals surface area contributed by atoms with E-state index in [9.17, 15) is 24.2 Å². The zero-order valence-corrected chi connectivity index (χ0v) is 22.2. The Bertz CT molecular complexity index is 1230. The molecule has 1 heterocycles. The molecule has 0 aliphatic heterocycles. The van der Waals surface area contributed by atoms with E-state index in [1.54, 1.807) is 28.8 Å². The summed E-state index contributed by atoms with van der Waals surface area (Å²) in [5.41, 5.74) is 3.26. The van der Waals surface area contributed by atoms with E-state index in [1.807, 2.05) is 51.1 Å². The Morgan fingerprint density at radius 3 is 2.21 bits per heavy atom. The first kappa shape index (κ1) is 29.0. The highest BCUT2D eigenvalue weighted by Crippen LogP contribution is 2.30. The number of nitrogens with zero attached hydrogens (tertiary/aromatic N) is 3. The van der Waals surface area contributed by atoms with Gasteiger partial charge in [0.25, 0.3) is 5.91 Å². The minimum atomic E-state index is -1.17. The highest BCUT2D eigenvalue weighted by molar-refractivity contribution is 5.94. The first-order chi connectivity index (χ1) is 18.0. The van der Waals surface area contributed by atoms with Gasteiger partial charge in [-0.3, -0.25) is 9.59 Å². The standard InChI is InChI=1S/C29H36FN3O5/c1-18(2)27-25(15-14-23(34)16-24(35)17-26(36)37)33(22-12-10-21(30)11-13-22)31-28(27)29(38)32(4)19(3)20-8-6-5-7-9-20/h5-13,18-19,23-24,34-35H,14-17H2,1-4H3,(H,36,37)/t19?,23-,24-/m1/s1. The van der Waals surface area contributed by atoms with Crippen LogP contribution in [0.15, 0.2) is 54.6 Å². The molecule has 1 amide bonds. The SMILES string of the molecule is CC(C)c1c(C(=O)N(C)C(C)c2ccccc2)nn(-c2ccc(F)cc2)c1CC[C@@H](O)C[C@@H](O)CC(=O)O. The molecule has 3 aromatic rings. The Morgan fingerprint density at radius 1 is 1.00 bits per heavy atom. The number of halogens is 1. The lowest BCUT2D eigenvalue weighted by molar-refractivity contribution is -0.139. The molecule has 0 saturated carbocycles. The van der Waals surface area contributed by atoms with Crippen LogP contribution in [0.4, 0.5) is 4.39 Å². The smallest absolute Gasteiger partial charge is 0.305 e. The molecule has 2 aromatic carbocycles. The number of carbonyl (C=O) groups excluding carboxylic acids is 1. The Kier molecular flexibility index (Phi) is 9.77. The van der Waals surface area contributed by atoms with Gasteiger partial charge in [-0.05, 0) is 61.9 Å². The zero-order valence-electron chi connectivity index (χ0n) is 22.2. The maximum atomic E-state index is 13.8. The predicted octanol–water partition coefficient (Wildman–Crippen LogP) is 4.49. The van der Waals surface area contributed by atoms with E-state index in [4.69, 9.17) is 10.2 Å². The molecule has 0 spiro atoms. The van der Waals surface area contributed by atoms with Crippen LogP contribution in [0.5, 0.6) is 0 Å². The average molecular weight is 526 g/mol. The van der Waals surface area contributed by atoms with E-state index < -0.39 is 30.4 Å². The second kappa shape index (κ2) is 12.8. The normalized spacial score (nSPS) is 13.8. The Morgan fingerprint density at radius 2 is 1.63 bits per heavy atom. The average Bonchev–Trinajstić information content (AvgIpc) is 3.26. The molecule has 204 valence electrons. The number of carbonyl (C=O) groups is 2. The van der Waals surface area contributed by atoms with Gasteiger partial charge >= 0.3 is 5.97 Å². The van der Waals surface area contributed by atoms with Gasteiger partial charge in [0.2, 0.25) is 0 Å². The van der Waals surface area contributed by atoms with Gasteiger partial charge in [0.15, 0.2) is 5.69 Å². The van der Waals surface area contributed by atoms with E-state index in [-0.39, 0.29) is 36.4 Å². The largest absolute Gasteiger partial charge is 0.481 e. The molecule has 0 aliphatic carbocycles. The molecular weight excluding hydrogens is 489 g/mol. The summed E-state index contributed by atoms with van der Waals surface area (Å²) in [4.78, 5) is 26.3. The number of carboxylic acids is 1. The van der Waals surface area contributed by atoms with E-state index >= 15 is 0 Å². The van der Waals surface area contributed by atoms with Crippen molar-refractivity contribution in [3.05, 3.63) is 82.9 Å². The summed E-state index contributed by atoms with van der Waals surface area (Å²) < 4.78 is 15.3. The zero-order chi connectivity index (χ0) is 28.0. The summed E-state index contributed by atoms with van der Waals surface area (Å²) in [6.07, 6.45) is -2.14. The van der Waals surface area contributed by atoms with Gasteiger partial charge in [-0.2, -0.15) is 5.10 Å². The molecule has 0 fully saturated rings. The van der Waals surface area contributed by atoms with E-state index in [0.717, 1.165) is 11.1 Å². The molecule has 0 bridgehead atoms. The molecule has 3 rings (SSSR count). The van der Waals surface area contributed by atoms with Crippen LogP contribution in [-0.4, -0.2) is 61.1 Å². The maximum Gasteiger partial charge on any atom is 0.305 e. The summed E-state index contributed by atoms with van der Waals surface area (Å²) in [7, 11) is 1.73. The number of rotatable bonds is 12. The van der Waals surface area contributed by atoms with Crippen LogP contribution in [0.25, 0.3) is 5.69 Å². The highest BCUT2D eigenvalue weighted by atomic mass is 19.1. The summed E-state index contributed by atoms with van der Waals surface area (Å²) in [6.45, 7) is 5.86. The molecule has 1 aromatic heterocycles. The van der Waals surface area contributed by atoms with E-state index in [0.29, 0.717) is 17.8 Å². The fourth-order valence-electron chi connectivity index (χ4n) is 4.58. The minimum absolute atomic E-state index is 0.0862. The van der Waals surface area contributed by atoms with Crippen molar-refractivity contribution in [3.63, 3.8) is 0 Å². The van der Waals surface area contributed by atoms with Crippen LogP contribution in [0.2, 0.25) is 0 Å². The van der Waals surface area contributed by atoms with Crippen molar-refractivity contribution in [3.8, 4) is 5.69 Å². The molecular formula is C29H36FN3O5. The van der Waals surface area contributed by atoms with Crippen molar-refractivity contribution in [2.45, 2.75) is 70.6 Å². The predicted molar refractivity (Wildman–Crippen MR) is 142 cm³/mol. The quantitative estimate of drug-likeness (QED) is 0.321. The highest BCUT2D eigenvalue weighted by Gasteiger charge is 2.30. The van der Waals surface area contributed by atoms with Gasteiger partial charge in [-0.15, -0.1) is 0 Å². The molecule has 8 nitrogen and oxygen atoms in total. The fraction of sp³-hybridized carbons (Fsp3) is 0.414. The monoisotopic (exact) mass is 525 g/mol. The second-order valence-electron chi connectivity index (χ2n) is 9.93. The fourth-order valence-corrected chi connectivity index (χ4v) is 4.58. The van der Waals surface area contributed by atoms with Crippen molar-refractivity contribution < 1.29 is 29.3 Å². The number of aliphatic hydroxyl groups excluding tert-OH is 2. The Labute approximate surface area is 222 Å². The lowest BCUT2D eigenvalue weighted by Gasteiger charge is -2.25. The molecule has 3 N–H and O–H groups in total. The number of amides is 1. The second-order valence-corrected chi connectivity index (χ2v) is 9.93. The number of hydrogen-bond acceptors (Lipinski definition) is 5. The summed E-state index contributed by atoms with van der Waals surface area (Å²) in [5.74, 6) is -1.89. The third-order valence-electron chi connectivity index (χ3n) is 6.72. The van der Waals surface area contributed by atoms with Gasteiger partial charge in [0.05, 0.1) is 30.4 Å². The number of carboxylic acid groups (broad SMARTS) is 1. The van der Waals surface area contributed by atoms with Gasteiger partial charge in [-0.25, -0.2) is 9.07 Å². The topological polar surface area (TPSA) is 116 Å². The van der Waals surface area contributed by atoms with Crippen LogP contribution in [0.3, 0.4) is 0 Å². The van der Waals surface area contributed by atoms with Gasteiger partial charge in [-0.1, -0.05) is 44.2 Å². The molecule has 9 heteroatoms. The third-order valence-corrected chi connectivity index (χ3v) is 6.72. The first-order valence-electron chi connectivity index (χ1n) is 12.8. The maximum absolute atomic E-state index is 13.8. The summed E-state index contributed by atoms with van der Waals surface area (Å²) in [5, 5.41) is 34.0. The lowest BCUT2D eigenvalue weighted by atomic mass is 9.95. The first-order valence-corrected chi connectivity index (χ1v) is 12.8. The Balaban J connectivity index is 1.98. The molecule has 3 atom stereocenters. The molecule has 1 unspecified atom stereocenters. The van der Waals surface area contributed by atoms with Crippen molar-refractivity contribution in [1.29, 1.82) is 0 Å². The summed E-state index contributed by atoms with van der Waals surface area (Å²) >= 11 is 0. The van der Waals surface area contributed by atoms with Crippen molar-refractivity contribution in [2.24, 2.45) is 0 Å². The van der Waals surface area contributed by atoms with Crippen LogP contribution in [0, 0.1) is 5.82 Å². The van der Waals surface area contributed by atoms with Gasteiger partial charge in [0.1, 0.15) is 5.82 Å². The van der Waals surface area contributed by atoms with E-state index in [1.165, 1.54) is 12.1 Å². The molecule has 0 saturated heterocycles. The van der Waals surface area contributed by atoms with Gasteiger partial charge in [0, 0.05) is 18.3 Å². The molecule has 0 aliphatic rings. The number of aliphatic hydroxyl groups is 2. The number of hydrogen-bond donors (Lipinski definition) is 3. The van der Waals surface area contributed by atoms with Gasteiger partial charge < -0.3 is 20.2 Å². The summed E-state index contributed by atoms with van der Waals surface area (Å²) in [6, 6.07) is 15.3. The number of aliphatic carboxylic acids is 1. The van der Waals surface area contributed by atoms with Crippen LogP contribution < -0.4 is 0 Å². The van der Waals surface area contributed by atoms with Crippen molar-refractivity contribution in [2.75, 3.05) is 7.05 Å². The van der Waals surface area contributed by atoms with Crippen molar-refractivity contribution >= 4 is 11.9 Å². The van der Waals surface area contributed by atoms with Crippen LogP contribution in [0.1, 0.15) is 79.3 Å². The third kappa shape index (κ3) is 7.05. The van der Waals surface area contributed by atoms with E-state index in [2.05, 4.69) is 0 Å². The van der Waals surface area contributed by atoms with Crippen LogP contribution in [-0.2, 0) is 11.2 Å². The van der Waals surface area contributed by atoms with Crippen molar-refractivity contribution in [1.82, 2.24) is 14.7 Å².